The summed E-state index contributed by atoms with van der Waals surface area (Å²) in [5, 5.41) is 0. The molecule has 0 spiro atoms. The largest absolute Gasteiger partial charge is 0.282 e. The van der Waals surface area contributed by atoms with Crippen molar-refractivity contribution < 1.29 is 9.59 Å². The molecule has 2 unspecified atom stereocenters. The number of amides is 2. The van der Waals surface area contributed by atoms with E-state index in [9.17, 15) is 9.59 Å². The van der Waals surface area contributed by atoms with Gasteiger partial charge < -0.3 is 0 Å². The van der Waals surface area contributed by atoms with Crippen LogP contribution in [0.5, 0.6) is 0 Å². The van der Waals surface area contributed by atoms with E-state index in [1.807, 2.05) is 0 Å². The van der Waals surface area contributed by atoms with Gasteiger partial charge in [0.15, 0.2) is 0 Å². The predicted molar refractivity (Wildman–Crippen MR) is 57.5 cm³/mol. The zero-order chi connectivity index (χ0) is 10.8. The number of halogens is 1. The molecule has 0 aromatic rings. The number of carbonyl (C=O) groups excluding carboxylic acids is 2. The van der Waals surface area contributed by atoms with Crippen LogP contribution in [0.15, 0.2) is 0 Å². The number of nitrogens with zero attached hydrogens (tertiary/aromatic N) is 1. The zero-order valence-corrected chi connectivity index (χ0v) is 9.50. The standard InChI is InChI=1S/C11H16ClNO2/c12-6-3-7-13-10(14)8-4-1-2-5-9(8)11(13)15/h8-9H,1-7H2. The van der Waals surface area contributed by atoms with Crippen LogP contribution in [-0.2, 0) is 9.59 Å². The molecule has 15 heavy (non-hydrogen) atoms. The topological polar surface area (TPSA) is 37.4 Å². The second kappa shape index (κ2) is 4.52. The van der Waals surface area contributed by atoms with Crippen LogP contribution in [0.1, 0.15) is 32.1 Å². The summed E-state index contributed by atoms with van der Waals surface area (Å²) in [5.41, 5.74) is 0. The van der Waals surface area contributed by atoms with Crippen LogP contribution in [0.25, 0.3) is 0 Å². The summed E-state index contributed by atoms with van der Waals surface area (Å²) in [6, 6.07) is 0. The molecule has 4 heteroatoms. The highest BCUT2D eigenvalue weighted by Crippen LogP contribution is 2.37. The summed E-state index contributed by atoms with van der Waals surface area (Å²) in [6.07, 6.45) is 4.67. The first-order valence-corrected chi connectivity index (χ1v) is 6.20. The first-order valence-electron chi connectivity index (χ1n) is 5.67. The highest BCUT2D eigenvalue weighted by atomic mass is 35.5. The molecule has 1 saturated carbocycles. The van der Waals surface area contributed by atoms with Crippen LogP contribution in [-0.4, -0.2) is 29.1 Å². The van der Waals surface area contributed by atoms with Crippen molar-refractivity contribution in [2.45, 2.75) is 32.1 Å². The maximum Gasteiger partial charge on any atom is 0.233 e. The molecule has 0 aromatic heterocycles. The smallest absolute Gasteiger partial charge is 0.233 e. The summed E-state index contributed by atoms with van der Waals surface area (Å²) in [5.74, 6) is 0.583. The lowest BCUT2D eigenvalue weighted by molar-refractivity contribution is -0.139. The molecule has 1 heterocycles. The van der Waals surface area contributed by atoms with Crippen molar-refractivity contribution in [1.29, 1.82) is 0 Å². The molecule has 2 aliphatic rings. The molecule has 2 rings (SSSR count). The quantitative estimate of drug-likeness (QED) is 0.547. The second-order valence-electron chi connectivity index (χ2n) is 4.37. The summed E-state index contributed by atoms with van der Waals surface area (Å²) >= 11 is 5.58. The number of likely N-dealkylation sites (tertiary alicyclic amines) is 1. The summed E-state index contributed by atoms with van der Waals surface area (Å²) in [7, 11) is 0. The van der Waals surface area contributed by atoms with Gasteiger partial charge in [-0.25, -0.2) is 0 Å². The maximum absolute atomic E-state index is 11.9. The van der Waals surface area contributed by atoms with Crippen molar-refractivity contribution in [2.75, 3.05) is 12.4 Å². The van der Waals surface area contributed by atoms with Crippen LogP contribution in [0.3, 0.4) is 0 Å². The number of hydrogen-bond donors (Lipinski definition) is 0. The number of hydrogen-bond acceptors (Lipinski definition) is 2. The Kier molecular flexibility index (Phi) is 3.29. The zero-order valence-electron chi connectivity index (χ0n) is 8.75. The summed E-state index contributed by atoms with van der Waals surface area (Å²) in [4.78, 5) is 25.3. The number of carbonyl (C=O) groups is 2. The van der Waals surface area contributed by atoms with Gasteiger partial charge in [0.25, 0.3) is 0 Å². The Morgan fingerprint density at radius 3 is 2.13 bits per heavy atom. The summed E-state index contributed by atoms with van der Waals surface area (Å²) in [6.45, 7) is 0.508. The Bertz CT molecular complexity index is 256. The monoisotopic (exact) mass is 229 g/mol. The Labute approximate surface area is 94.8 Å². The third-order valence-electron chi connectivity index (χ3n) is 3.45. The van der Waals surface area contributed by atoms with Crippen molar-refractivity contribution in [3.63, 3.8) is 0 Å². The van der Waals surface area contributed by atoms with E-state index >= 15 is 0 Å². The third-order valence-corrected chi connectivity index (χ3v) is 3.72. The van der Waals surface area contributed by atoms with E-state index in [0.717, 1.165) is 25.7 Å². The Morgan fingerprint density at radius 1 is 1.13 bits per heavy atom. The van der Waals surface area contributed by atoms with Gasteiger partial charge in [0, 0.05) is 12.4 Å². The SMILES string of the molecule is O=C1C2CCCCC2C(=O)N1CCCCl. The minimum Gasteiger partial charge on any atom is -0.282 e. The number of imide groups is 1. The normalized spacial score (nSPS) is 30.9. The molecule has 1 aliphatic heterocycles. The highest BCUT2D eigenvalue weighted by molar-refractivity contribution is 6.17. The van der Waals surface area contributed by atoms with E-state index in [4.69, 9.17) is 11.6 Å². The molecule has 0 radical (unpaired) electrons. The maximum atomic E-state index is 11.9. The lowest BCUT2D eigenvalue weighted by atomic mass is 9.81. The van der Waals surface area contributed by atoms with Crippen LogP contribution in [0.4, 0.5) is 0 Å². The summed E-state index contributed by atoms with van der Waals surface area (Å²) < 4.78 is 0. The van der Waals surface area contributed by atoms with Gasteiger partial charge in [-0.1, -0.05) is 12.8 Å². The molecule has 1 aliphatic carbocycles. The average molecular weight is 230 g/mol. The van der Waals surface area contributed by atoms with Crippen LogP contribution < -0.4 is 0 Å². The molecule has 2 fully saturated rings. The fourth-order valence-corrected chi connectivity index (χ4v) is 2.79. The van der Waals surface area contributed by atoms with Gasteiger partial charge in [-0.15, -0.1) is 11.6 Å². The van der Waals surface area contributed by atoms with Gasteiger partial charge in [0.2, 0.25) is 11.8 Å². The minimum absolute atomic E-state index is 0.0124. The number of fused-ring (bicyclic) bond motifs is 1. The van der Waals surface area contributed by atoms with E-state index in [1.165, 1.54) is 4.90 Å². The van der Waals surface area contributed by atoms with Crippen molar-refractivity contribution in [3.8, 4) is 0 Å². The van der Waals surface area contributed by atoms with Gasteiger partial charge in [-0.05, 0) is 19.3 Å². The van der Waals surface area contributed by atoms with E-state index in [0.29, 0.717) is 18.8 Å². The van der Waals surface area contributed by atoms with Crippen LogP contribution in [0.2, 0.25) is 0 Å². The lowest BCUT2D eigenvalue weighted by Crippen LogP contribution is -2.32. The highest BCUT2D eigenvalue weighted by Gasteiger charge is 2.47. The molecule has 2 atom stereocenters. The van der Waals surface area contributed by atoms with Crippen LogP contribution >= 0.6 is 11.6 Å². The fourth-order valence-electron chi connectivity index (χ4n) is 2.67. The van der Waals surface area contributed by atoms with Gasteiger partial charge in [0.1, 0.15) is 0 Å². The van der Waals surface area contributed by atoms with E-state index in [2.05, 4.69) is 0 Å². The van der Waals surface area contributed by atoms with Gasteiger partial charge >= 0.3 is 0 Å². The van der Waals surface area contributed by atoms with Gasteiger partial charge in [-0.2, -0.15) is 0 Å². The molecule has 2 amide bonds. The van der Waals surface area contributed by atoms with Gasteiger partial charge in [0.05, 0.1) is 11.8 Å². The van der Waals surface area contributed by atoms with E-state index in [-0.39, 0.29) is 23.7 Å². The molecule has 0 N–H and O–H groups in total. The third kappa shape index (κ3) is 1.89. The number of alkyl halides is 1. The van der Waals surface area contributed by atoms with Crippen LogP contribution in [0, 0.1) is 11.8 Å². The van der Waals surface area contributed by atoms with Crippen molar-refractivity contribution >= 4 is 23.4 Å². The molecule has 84 valence electrons. The molecule has 0 aromatic carbocycles. The van der Waals surface area contributed by atoms with Crippen molar-refractivity contribution in [3.05, 3.63) is 0 Å². The molecule has 3 nitrogen and oxygen atoms in total. The Balaban J connectivity index is 2.07. The Morgan fingerprint density at radius 2 is 1.67 bits per heavy atom. The van der Waals surface area contributed by atoms with E-state index < -0.39 is 0 Å². The fraction of sp³-hybridized carbons (Fsp3) is 0.818. The van der Waals surface area contributed by atoms with E-state index in [1.54, 1.807) is 0 Å². The average Bonchev–Trinajstić information content (AvgIpc) is 2.51. The number of rotatable bonds is 3. The first kappa shape index (κ1) is 10.9. The van der Waals surface area contributed by atoms with Crippen molar-refractivity contribution in [2.24, 2.45) is 11.8 Å². The van der Waals surface area contributed by atoms with Crippen molar-refractivity contribution in [1.82, 2.24) is 4.90 Å². The first-order chi connectivity index (χ1) is 7.25. The minimum atomic E-state index is -0.0124. The molecule has 1 saturated heterocycles. The van der Waals surface area contributed by atoms with Gasteiger partial charge in [-0.3, -0.25) is 14.5 Å². The lowest BCUT2D eigenvalue weighted by Gasteiger charge is -2.19. The predicted octanol–water partition coefficient (Wildman–Crippen LogP) is 1.79. The Hall–Kier alpha value is -0.570. The molecular formula is C11H16ClNO2. The molecule has 0 bridgehead atoms. The molecular weight excluding hydrogens is 214 g/mol. The second-order valence-corrected chi connectivity index (χ2v) is 4.75.